The van der Waals surface area contributed by atoms with Gasteiger partial charge in [0.2, 0.25) is 0 Å². The van der Waals surface area contributed by atoms with E-state index in [-0.39, 0.29) is 18.1 Å². The van der Waals surface area contributed by atoms with Crippen molar-refractivity contribution < 1.29 is 14.5 Å². The average Bonchev–Trinajstić information content (AvgIpc) is 2.71. The monoisotopic (exact) mass is 234 g/mol. The van der Waals surface area contributed by atoms with E-state index in [1.165, 1.54) is 19.2 Å². The van der Waals surface area contributed by atoms with Crippen molar-refractivity contribution in [3.63, 3.8) is 0 Å². The summed E-state index contributed by atoms with van der Waals surface area (Å²) in [4.78, 5) is 24.2. The van der Waals surface area contributed by atoms with E-state index < -0.39 is 4.92 Å². The molecular weight excluding hydrogens is 224 g/mol. The van der Waals surface area contributed by atoms with E-state index in [1.807, 2.05) is 0 Å². The van der Waals surface area contributed by atoms with Gasteiger partial charge in [0.05, 0.1) is 24.0 Å². The maximum atomic E-state index is 11.2. The van der Waals surface area contributed by atoms with Gasteiger partial charge in [0.15, 0.2) is 0 Å². The Bertz CT molecular complexity index is 588. The molecule has 0 fully saturated rings. The number of hydrogen-bond donors (Lipinski definition) is 1. The Morgan fingerprint density at radius 3 is 2.94 bits per heavy atom. The van der Waals surface area contributed by atoms with Crippen molar-refractivity contribution >= 4 is 22.6 Å². The molecule has 6 heteroatoms. The van der Waals surface area contributed by atoms with E-state index in [0.717, 1.165) is 10.9 Å². The molecule has 0 aliphatic heterocycles. The fraction of sp³-hybridized carbons (Fsp3) is 0.182. The van der Waals surface area contributed by atoms with Crippen LogP contribution in [0.15, 0.2) is 24.4 Å². The molecule has 1 aromatic carbocycles. The first-order valence-corrected chi connectivity index (χ1v) is 4.93. The molecule has 88 valence electrons. The lowest BCUT2D eigenvalue weighted by molar-refractivity contribution is -0.384. The highest BCUT2D eigenvalue weighted by atomic mass is 16.6. The van der Waals surface area contributed by atoms with Crippen LogP contribution in [-0.2, 0) is 16.0 Å². The highest BCUT2D eigenvalue weighted by Gasteiger charge is 2.12. The zero-order valence-electron chi connectivity index (χ0n) is 9.10. The van der Waals surface area contributed by atoms with Crippen molar-refractivity contribution in [3.8, 4) is 0 Å². The summed E-state index contributed by atoms with van der Waals surface area (Å²) in [5, 5.41) is 11.4. The third kappa shape index (κ3) is 2.10. The number of nitrogens with one attached hydrogen (secondary N) is 1. The molecule has 0 saturated heterocycles. The Morgan fingerprint density at radius 1 is 1.53 bits per heavy atom. The van der Waals surface area contributed by atoms with Crippen LogP contribution in [0, 0.1) is 10.1 Å². The Morgan fingerprint density at radius 2 is 2.29 bits per heavy atom. The van der Waals surface area contributed by atoms with Gasteiger partial charge in [0, 0.05) is 23.7 Å². The van der Waals surface area contributed by atoms with Gasteiger partial charge in [0.1, 0.15) is 0 Å². The number of carbonyl (C=O) groups is 1. The van der Waals surface area contributed by atoms with E-state index >= 15 is 0 Å². The number of carbonyl (C=O) groups excluding carboxylic acids is 1. The van der Waals surface area contributed by atoms with E-state index in [1.54, 1.807) is 12.3 Å². The van der Waals surface area contributed by atoms with Crippen molar-refractivity contribution in [1.29, 1.82) is 0 Å². The fourth-order valence-electron chi connectivity index (χ4n) is 1.66. The van der Waals surface area contributed by atoms with Crippen molar-refractivity contribution in [2.24, 2.45) is 0 Å². The number of non-ortho nitro benzene ring substituents is 1. The van der Waals surface area contributed by atoms with Gasteiger partial charge in [0.25, 0.3) is 5.69 Å². The second kappa shape index (κ2) is 4.25. The summed E-state index contributed by atoms with van der Waals surface area (Å²) < 4.78 is 4.57. The molecule has 2 aromatic rings. The van der Waals surface area contributed by atoms with Crippen molar-refractivity contribution in [2.75, 3.05) is 7.11 Å². The number of hydrogen-bond acceptors (Lipinski definition) is 4. The zero-order chi connectivity index (χ0) is 12.4. The lowest BCUT2D eigenvalue weighted by Gasteiger charge is -1.97. The van der Waals surface area contributed by atoms with Crippen molar-refractivity contribution in [2.45, 2.75) is 6.42 Å². The predicted molar refractivity (Wildman–Crippen MR) is 60.7 cm³/mol. The van der Waals surface area contributed by atoms with E-state index in [4.69, 9.17) is 0 Å². The second-order valence-electron chi connectivity index (χ2n) is 3.55. The number of ether oxygens (including phenoxy) is 1. The quantitative estimate of drug-likeness (QED) is 0.498. The molecule has 0 saturated carbocycles. The number of aromatic nitrogens is 1. The highest BCUT2D eigenvalue weighted by Crippen LogP contribution is 2.23. The number of aromatic amines is 1. The van der Waals surface area contributed by atoms with Gasteiger partial charge < -0.3 is 9.72 Å². The molecule has 2 rings (SSSR count). The molecule has 6 nitrogen and oxygen atoms in total. The average molecular weight is 234 g/mol. The number of H-pyrrole nitrogens is 1. The highest BCUT2D eigenvalue weighted by molar-refractivity contribution is 5.88. The van der Waals surface area contributed by atoms with Crippen LogP contribution in [0.3, 0.4) is 0 Å². The first kappa shape index (κ1) is 11.1. The Hall–Kier alpha value is -2.37. The van der Waals surface area contributed by atoms with Crippen LogP contribution < -0.4 is 0 Å². The Balaban J connectivity index is 2.41. The standard InChI is InChI=1S/C11H10N2O4/c1-17-11(14)4-7-6-12-10-5-8(13(15)16)2-3-9(7)10/h2-3,5-6,12H,4H2,1H3. The molecule has 1 heterocycles. The first-order valence-electron chi connectivity index (χ1n) is 4.93. The normalized spacial score (nSPS) is 10.4. The maximum Gasteiger partial charge on any atom is 0.310 e. The van der Waals surface area contributed by atoms with Crippen molar-refractivity contribution in [1.82, 2.24) is 4.98 Å². The van der Waals surface area contributed by atoms with Gasteiger partial charge in [-0.2, -0.15) is 0 Å². The van der Waals surface area contributed by atoms with Crippen LogP contribution in [0.4, 0.5) is 5.69 Å². The lowest BCUT2D eigenvalue weighted by atomic mass is 10.1. The zero-order valence-corrected chi connectivity index (χ0v) is 9.10. The molecule has 17 heavy (non-hydrogen) atoms. The fourth-order valence-corrected chi connectivity index (χ4v) is 1.66. The largest absolute Gasteiger partial charge is 0.469 e. The van der Waals surface area contributed by atoms with E-state index in [0.29, 0.717) is 5.52 Å². The SMILES string of the molecule is COC(=O)Cc1c[nH]c2cc([N+](=O)[O-])ccc12. The number of nitrogens with zero attached hydrogens (tertiary/aromatic N) is 1. The molecule has 0 atom stereocenters. The van der Waals surface area contributed by atoms with Gasteiger partial charge in [-0.05, 0) is 11.6 Å². The minimum Gasteiger partial charge on any atom is -0.469 e. The van der Waals surface area contributed by atoms with E-state index in [2.05, 4.69) is 9.72 Å². The van der Waals surface area contributed by atoms with Crippen LogP contribution in [0.25, 0.3) is 10.9 Å². The molecule has 0 bridgehead atoms. The summed E-state index contributed by atoms with van der Waals surface area (Å²) in [7, 11) is 1.32. The first-order chi connectivity index (χ1) is 8.11. The summed E-state index contributed by atoms with van der Waals surface area (Å²) in [6, 6.07) is 4.48. The number of fused-ring (bicyclic) bond motifs is 1. The molecular formula is C11H10N2O4. The Kier molecular flexibility index (Phi) is 2.78. The number of nitro benzene ring substituents is 1. The third-order valence-corrected chi connectivity index (χ3v) is 2.52. The van der Waals surface area contributed by atoms with Crippen LogP contribution in [0.5, 0.6) is 0 Å². The molecule has 0 amide bonds. The van der Waals surface area contributed by atoms with Crippen LogP contribution >= 0.6 is 0 Å². The summed E-state index contributed by atoms with van der Waals surface area (Å²) in [6.45, 7) is 0. The predicted octanol–water partition coefficient (Wildman–Crippen LogP) is 1.79. The van der Waals surface area contributed by atoms with E-state index in [9.17, 15) is 14.9 Å². The molecule has 0 spiro atoms. The summed E-state index contributed by atoms with van der Waals surface area (Å²) in [5.74, 6) is -0.343. The number of methoxy groups -OCH3 is 1. The molecule has 0 unspecified atom stereocenters. The topological polar surface area (TPSA) is 85.2 Å². The molecule has 0 aliphatic rings. The Labute approximate surface area is 96.3 Å². The molecule has 0 radical (unpaired) electrons. The second-order valence-corrected chi connectivity index (χ2v) is 3.55. The molecule has 1 aromatic heterocycles. The van der Waals surface area contributed by atoms with Gasteiger partial charge in [-0.15, -0.1) is 0 Å². The lowest BCUT2D eigenvalue weighted by Crippen LogP contribution is -2.03. The number of esters is 1. The third-order valence-electron chi connectivity index (χ3n) is 2.52. The van der Waals surface area contributed by atoms with Crippen LogP contribution in [0.1, 0.15) is 5.56 Å². The van der Waals surface area contributed by atoms with Gasteiger partial charge >= 0.3 is 5.97 Å². The van der Waals surface area contributed by atoms with Crippen LogP contribution in [-0.4, -0.2) is 23.0 Å². The van der Waals surface area contributed by atoms with Crippen LogP contribution in [0.2, 0.25) is 0 Å². The summed E-state index contributed by atoms with van der Waals surface area (Å²) in [6.07, 6.45) is 1.81. The number of benzene rings is 1. The molecule has 1 N–H and O–H groups in total. The summed E-state index contributed by atoms with van der Waals surface area (Å²) in [5.41, 5.74) is 1.42. The van der Waals surface area contributed by atoms with Gasteiger partial charge in [-0.25, -0.2) is 0 Å². The molecule has 0 aliphatic carbocycles. The smallest absolute Gasteiger partial charge is 0.310 e. The number of rotatable bonds is 3. The van der Waals surface area contributed by atoms with Gasteiger partial charge in [-0.3, -0.25) is 14.9 Å². The number of nitro groups is 1. The minimum absolute atomic E-state index is 0.0176. The summed E-state index contributed by atoms with van der Waals surface area (Å²) >= 11 is 0. The van der Waals surface area contributed by atoms with Gasteiger partial charge in [-0.1, -0.05) is 0 Å². The maximum absolute atomic E-state index is 11.2. The minimum atomic E-state index is -0.458. The van der Waals surface area contributed by atoms with Crippen molar-refractivity contribution in [3.05, 3.63) is 40.1 Å².